The number of hydrogen-bond donors (Lipinski definition) is 1. The molecule has 2 aromatic carbocycles. The van der Waals surface area contributed by atoms with Crippen molar-refractivity contribution < 1.29 is 4.74 Å². The molecule has 1 heterocycles. The Morgan fingerprint density at radius 3 is 2.50 bits per heavy atom. The van der Waals surface area contributed by atoms with E-state index in [4.69, 9.17) is 4.74 Å². The maximum Gasteiger partial charge on any atom is 0.349 e. The number of thioether (sulfide) groups is 1. The molecule has 0 saturated carbocycles. The van der Waals surface area contributed by atoms with Crippen LogP contribution in [0.5, 0.6) is 11.5 Å². The summed E-state index contributed by atoms with van der Waals surface area (Å²) in [6.45, 7) is 1.88. The quantitative estimate of drug-likeness (QED) is 0.738. The molecule has 0 bridgehead atoms. The molecule has 0 unspecified atom stereocenters. The van der Waals surface area contributed by atoms with Crippen molar-refractivity contribution in [3.63, 3.8) is 0 Å². The van der Waals surface area contributed by atoms with E-state index in [2.05, 4.69) is 10.1 Å². The van der Waals surface area contributed by atoms with Crippen LogP contribution in [0.15, 0.2) is 63.1 Å². The lowest BCUT2D eigenvalue weighted by Gasteiger charge is -2.11. The third-order valence-corrected chi connectivity index (χ3v) is 4.15. The monoisotopic (exact) mass is 341 g/mol. The summed E-state index contributed by atoms with van der Waals surface area (Å²) in [5, 5.41) is 3.84. The molecule has 0 saturated heterocycles. The fourth-order valence-electron chi connectivity index (χ4n) is 2.19. The van der Waals surface area contributed by atoms with Crippen molar-refractivity contribution in [2.75, 3.05) is 6.26 Å². The molecule has 3 rings (SSSR count). The van der Waals surface area contributed by atoms with E-state index in [1.807, 2.05) is 37.4 Å². The first-order chi connectivity index (χ1) is 11.6. The minimum atomic E-state index is -0.580. The first-order valence-corrected chi connectivity index (χ1v) is 8.41. The van der Waals surface area contributed by atoms with Gasteiger partial charge in [0.1, 0.15) is 17.7 Å². The zero-order valence-corrected chi connectivity index (χ0v) is 14.0. The van der Waals surface area contributed by atoms with Crippen molar-refractivity contribution >= 4 is 11.8 Å². The minimum absolute atomic E-state index is 0.526. The Morgan fingerprint density at radius 1 is 1.12 bits per heavy atom. The standard InChI is InChI=1S/C17H15N3O3S/c1-11-9-12(20-17(22)19-16(21)10-18-20)3-8-15(11)23-13-4-6-14(24-2)7-5-13/h3-10H,1-2H3,(H,19,21,22). The molecule has 0 radical (unpaired) electrons. The summed E-state index contributed by atoms with van der Waals surface area (Å²) < 4.78 is 7.00. The van der Waals surface area contributed by atoms with Crippen LogP contribution in [0.4, 0.5) is 0 Å². The number of aryl methyl sites for hydroxylation is 1. The molecule has 24 heavy (non-hydrogen) atoms. The lowest BCUT2D eigenvalue weighted by Crippen LogP contribution is -2.30. The van der Waals surface area contributed by atoms with E-state index >= 15 is 0 Å². The van der Waals surface area contributed by atoms with Gasteiger partial charge in [0.25, 0.3) is 5.56 Å². The third kappa shape index (κ3) is 3.41. The number of nitrogens with zero attached hydrogens (tertiary/aromatic N) is 2. The molecule has 0 aliphatic heterocycles. The number of aromatic nitrogens is 3. The number of benzene rings is 2. The summed E-state index contributed by atoms with van der Waals surface area (Å²) in [4.78, 5) is 26.2. The van der Waals surface area contributed by atoms with Crippen LogP contribution in [0.3, 0.4) is 0 Å². The molecule has 122 valence electrons. The number of hydrogen-bond acceptors (Lipinski definition) is 5. The van der Waals surface area contributed by atoms with Gasteiger partial charge >= 0.3 is 5.69 Å². The molecule has 1 N–H and O–H groups in total. The van der Waals surface area contributed by atoms with Gasteiger partial charge < -0.3 is 4.74 Å². The van der Waals surface area contributed by atoms with Gasteiger partial charge in [0.2, 0.25) is 0 Å². The second-order valence-corrected chi connectivity index (χ2v) is 5.96. The van der Waals surface area contributed by atoms with Gasteiger partial charge in [-0.05, 0) is 61.2 Å². The maximum absolute atomic E-state index is 11.8. The van der Waals surface area contributed by atoms with E-state index < -0.39 is 11.2 Å². The van der Waals surface area contributed by atoms with E-state index in [1.54, 1.807) is 30.0 Å². The van der Waals surface area contributed by atoms with Crippen LogP contribution in [0.1, 0.15) is 5.56 Å². The van der Waals surface area contributed by atoms with Crippen LogP contribution < -0.4 is 16.0 Å². The van der Waals surface area contributed by atoms with Gasteiger partial charge in [0.15, 0.2) is 0 Å². The van der Waals surface area contributed by atoms with Gasteiger partial charge in [-0.3, -0.25) is 9.78 Å². The van der Waals surface area contributed by atoms with Gasteiger partial charge in [-0.25, -0.2) is 4.79 Å². The average Bonchev–Trinajstić information content (AvgIpc) is 2.57. The van der Waals surface area contributed by atoms with E-state index in [0.29, 0.717) is 11.4 Å². The summed E-state index contributed by atoms with van der Waals surface area (Å²) in [7, 11) is 0. The van der Waals surface area contributed by atoms with Gasteiger partial charge in [-0.15, -0.1) is 11.8 Å². The van der Waals surface area contributed by atoms with E-state index in [0.717, 1.165) is 27.1 Å². The molecule has 3 aromatic rings. The normalized spacial score (nSPS) is 10.6. The second kappa shape index (κ2) is 6.76. The Labute approximate surface area is 142 Å². The molecule has 0 fully saturated rings. The van der Waals surface area contributed by atoms with Gasteiger partial charge in [0, 0.05) is 4.90 Å². The first-order valence-electron chi connectivity index (χ1n) is 7.18. The zero-order chi connectivity index (χ0) is 17.1. The van der Waals surface area contributed by atoms with Crippen LogP contribution in [0, 0.1) is 6.92 Å². The zero-order valence-electron chi connectivity index (χ0n) is 13.1. The molecule has 0 amide bonds. The maximum atomic E-state index is 11.8. The molecule has 7 heteroatoms. The van der Waals surface area contributed by atoms with Crippen LogP contribution in [-0.4, -0.2) is 21.0 Å². The second-order valence-electron chi connectivity index (χ2n) is 5.08. The van der Waals surface area contributed by atoms with Gasteiger partial charge in [0.05, 0.1) is 5.69 Å². The number of ether oxygens (including phenoxy) is 1. The van der Waals surface area contributed by atoms with Gasteiger partial charge in [-0.1, -0.05) is 0 Å². The highest BCUT2D eigenvalue weighted by atomic mass is 32.2. The highest BCUT2D eigenvalue weighted by Crippen LogP contribution is 2.27. The lowest BCUT2D eigenvalue weighted by atomic mass is 10.2. The highest BCUT2D eigenvalue weighted by Gasteiger charge is 2.07. The Hall–Kier alpha value is -2.80. The Morgan fingerprint density at radius 2 is 1.88 bits per heavy atom. The molecular formula is C17H15N3O3S. The Bertz CT molecular complexity index is 977. The molecular weight excluding hydrogens is 326 g/mol. The van der Waals surface area contributed by atoms with E-state index in [9.17, 15) is 9.59 Å². The van der Waals surface area contributed by atoms with E-state index in [1.165, 1.54) is 0 Å². The van der Waals surface area contributed by atoms with Crippen molar-refractivity contribution in [1.82, 2.24) is 14.8 Å². The molecule has 0 spiro atoms. The molecule has 6 nitrogen and oxygen atoms in total. The van der Waals surface area contributed by atoms with Gasteiger partial charge in [-0.2, -0.15) is 9.78 Å². The number of nitrogens with one attached hydrogen (secondary N) is 1. The molecule has 0 atom stereocenters. The number of rotatable bonds is 4. The molecule has 0 aliphatic rings. The van der Waals surface area contributed by atoms with Crippen molar-refractivity contribution in [1.29, 1.82) is 0 Å². The summed E-state index contributed by atoms with van der Waals surface area (Å²) in [6, 6.07) is 13.1. The highest BCUT2D eigenvalue weighted by molar-refractivity contribution is 7.98. The Kier molecular flexibility index (Phi) is 4.52. The van der Waals surface area contributed by atoms with Crippen molar-refractivity contribution in [2.24, 2.45) is 0 Å². The lowest BCUT2D eigenvalue weighted by molar-refractivity contribution is 0.478. The van der Waals surface area contributed by atoms with Crippen molar-refractivity contribution in [2.45, 2.75) is 11.8 Å². The SMILES string of the molecule is CSc1ccc(Oc2ccc(-n3ncc(=O)[nH]c3=O)cc2C)cc1. The molecule has 1 aromatic heterocycles. The third-order valence-electron chi connectivity index (χ3n) is 3.40. The smallest absolute Gasteiger partial charge is 0.349 e. The van der Waals surface area contributed by atoms with E-state index in [-0.39, 0.29) is 0 Å². The number of H-pyrrole nitrogens is 1. The predicted octanol–water partition coefficient (Wildman–Crippen LogP) is 2.74. The summed E-state index contributed by atoms with van der Waals surface area (Å²) in [6.07, 6.45) is 3.08. The predicted molar refractivity (Wildman–Crippen MR) is 93.5 cm³/mol. The van der Waals surface area contributed by atoms with Crippen molar-refractivity contribution in [3.8, 4) is 17.2 Å². The van der Waals surface area contributed by atoms with Crippen LogP contribution >= 0.6 is 11.8 Å². The Balaban J connectivity index is 1.89. The van der Waals surface area contributed by atoms with Crippen LogP contribution in [-0.2, 0) is 0 Å². The summed E-state index contributed by atoms with van der Waals surface area (Å²) >= 11 is 1.67. The van der Waals surface area contributed by atoms with Crippen LogP contribution in [0.25, 0.3) is 5.69 Å². The van der Waals surface area contributed by atoms with Crippen molar-refractivity contribution in [3.05, 3.63) is 75.1 Å². The fourth-order valence-corrected chi connectivity index (χ4v) is 2.60. The average molecular weight is 341 g/mol. The molecule has 0 aliphatic carbocycles. The number of aromatic amines is 1. The summed E-state index contributed by atoms with van der Waals surface area (Å²) in [5.41, 5.74) is 0.296. The minimum Gasteiger partial charge on any atom is -0.457 e. The first kappa shape index (κ1) is 16.1. The fraction of sp³-hybridized carbons (Fsp3) is 0.118. The topological polar surface area (TPSA) is 77.0 Å². The van der Waals surface area contributed by atoms with Crippen LogP contribution in [0.2, 0.25) is 0 Å². The summed E-state index contributed by atoms with van der Waals surface area (Å²) in [5.74, 6) is 1.43. The largest absolute Gasteiger partial charge is 0.457 e.